The highest BCUT2D eigenvalue weighted by molar-refractivity contribution is 5.29. The third-order valence-electron chi connectivity index (χ3n) is 3.77. The maximum atomic E-state index is 5.27. The summed E-state index contributed by atoms with van der Waals surface area (Å²) < 4.78 is 5.27. The molecule has 0 saturated heterocycles. The molecule has 0 bridgehead atoms. The second kappa shape index (κ2) is 8.31. The van der Waals surface area contributed by atoms with Crippen LogP contribution in [0.2, 0.25) is 0 Å². The van der Waals surface area contributed by atoms with Gasteiger partial charge in [0.2, 0.25) is 0 Å². The molecule has 0 aromatic heterocycles. The molecule has 1 N–H and O–H groups in total. The van der Waals surface area contributed by atoms with Crippen molar-refractivity contribution in [2.24, 2.45) is 0 Å². The average molecular weight is 264 g/mol. The summed E-state index contributed by atoms with van der Waals surface area (Å²) in [4.78, 5) is 2.46. The van der Waals surface area contributed by atoms with E-state index in [2.05, 4.69) is 55.3 Å². The molecule has 19 heavy (non-hydrogen) atoms. The average Bonchev–Trinajstić information content (AvgIpc) is 2.41. The Bertz CT molecular complexity index is 368. The Morgan fingerprint density at radius 3 is 2.53 bits per heavy atom. The van der Waals surface area contributed by atoms with Crippen LogP contribution >= 0.6 is 0 Å². The van der Waals surface area contributed by atoms with E-state index in [4.69, 9.17) is 4.74 Å². The van der Waals surface area contributed by atoms with Crippen LogP contribution in [0.25, 0.3) is 0 Å². The zero-order chi connectivity index (χ0) is 14.3. The Morgan fingerprint density at radius 1 is 1.32 bits per heavy atom. The van der Waals surface area contributed by atoms with Gasteiger partial charge in [0.15, 0.2) is 0 Å². The fourth-order valence-corrected chi connectivity index (χ4v) is 2.52. The number of likely N-dealkylation sites (N-methyl/N-ethyl adjacent to an activating group) is 2. The molecule has 2 unspecified atom stereocenters. The van der Waals surface area contributed by atoms with E-state index >= 15 is 0 Å². The Hall–Kier alpha value is -0.900. The van der Waals surface area contributed by atoms with Gasteiger partial charge in [0.1, 0.15) is 0 Å². The summed E-state index contributed by atoms with van der Waals surface area (Å²) in [5.41, 5.74) is 2.73. The van der Waals surface area contributed by atoms with Crippen molar-refractivity contribution in [1.82, 2.24) is 10.2 Å². The molecule has 1 aromatic rings. The number of aryl methyl sites for hydroxylation is 1. The monoisotopic (exact) mass is 264 g/mol. The molecule has 108 valence electrons. The summed E-state index contributed by atoms with van der Waals surface area (Å²) >= 11 is 0. The first kappa shape index (κ1) is 16.2. The summed E-state index contributed by atoms with van der Waals surface area (Å²) in [5.74, 6) is 0. The zero-order valence-corrected chi connectivity index (χ0v) is 12.9. The molecule has 0 fully saturated rings. The van der Waals surface area contributed by atoms with Crippen molar-refractivity contribution >= 4 is 0 Å². The fraction of sp³-hybridized carbons (Fsp3) is 0.625. The summed E-state index contributed by atoms with van der Waals surface area (Å²) in [7, 11) is 3.80. The molecular formula is C16H28N2O. The lowest BCUT2D eigenvalue weighted by Crippen LogP contribution is -2.41. The first-order valence-electron chi connectivity index (χ1n) is 7.09. The smallest absolute Gasteiger partial charge is 0.0615 e. The van der Waals surface area contributed by atoms with Gasteiger partial charge >= 0.3 is 0 Å². The molecular weight excluding hydrogens is 236 g/mol. The summed E-state index contributed by atoms with van der Waals surface area (Å²) in [6, 6.07) is 9.40. The van der Waals surface area contributed by atoms with E-state index in [1.165, 1.54) is 11.1 Å². The Labute approximate surface area is 118 Å². The standard InChI is InChI=1S/C16H28N2O/c1-6-18(14(3)12-19-5)11-16(17-4)15-10-8-7-9-13(15)2/h7-10,14,16-17H,6,11-12H2,1-5H3. The van der Waals surface area contributed by atoms with Gasteiger partial charge < -0.3 is 10.1 Å². The highest BCUT2D eigenvalue weighted by Crippen LogP contribution is 2.19. The number of benzene rings is 1. The van der Waals surface area contributed by atoms with Gasteiger partial charge in [0.25, 0.3) is 0 Å². The zero-order valence-electron chi connectivity index (χ0n) is 12.9. The summed E-state index contributed by atoms with van der Waals surface area (Å²) in [6.07, 6.45) is 0. The van der Waals surface area contributed by atoms with E-state index in [1.54, 1.807) is 7.11 Å². The van der Waals surface area contributed by atoms with E-state index in [1.807, 2.05) is 7.05 Å². The van der Waals surface area contributed by atoms with Crippen molar-refractivity contribution in [2.75, 3.05) is 33.9 Å². The number of ether oxygens (including phenoxy) is 1. The lowest BCUT2D eigenvalue weighted by molar-refractivity contribution is 0.0962. The van der Waals surface area contributed by atoms with Crippen LogP contribution in [0.4, 0.5) is 0 Å². The van der Waals surface area contributed by atoms with Crippen molar-refractivity contribution in [2.45, 2.75) is 32.9 Å². The molecule has 0 aliphatic carbocycles. The summed E-state index contributed by atoms with van der Waals surface area (Å²) in [6.45, 7) is 9.41. The fourth-order valence-electron chi connectivity index (χ4n) is 2.52. The normalized spacial score (nSPS) is 14.6. The quantitative estimate of drug-likeness (QED) is 0.781. The molecule has 0 radical (unpaired) electrons. The van der Waals surface area contributed by atoms with Crippen LogP contribution in [0.3, 0.4) is 0 Å². The summed E-state index contributed by atoms with van der Waals surface area (Å²) in [5, 5.41) is 3.44. The van der Waals surface area contributed by atoms with Crippen LogP contribution in [0.1, 0.15) is 31.0 Å². The van der Waals surface area contributed by atoms with Crippen LogP contribution in [-0.4, -0.2) is 44.8 Å². The van der Waals surface area contributed by atoms with Crippen LogP contribution in [0.5, 0.6) is 0 Å². The third kappa shape index (κ3) is 4.60. The van der Waals surface area contributed by atoms with Crippen molar-refractivity contribution in [3.05, 3.63) is 35.4 Å². The van der Waals surface area contributed by atoms with Crippen molar-refractivity contribution in [1.29, 1.82) is 0 Å². The van der Waals surface area contributed by atoms with Crippen LogP contribution < -0.4 is 5.32 Å². The van der Waals surface area contributed by atoms with Crippen molar-refractivity contribution in [3.63, 3.8) is 0 Å². The molecule has 0 amide bonds. The van der Waals surface area contributed by atoms with Gasteiger partial charge in [-0.15, -0.1) is 0 Å². The topological polar surface area (TPSA) is 24.5 Å². The molecule has 3 heteroatoms. The number of hydrogen-bond donors (Lipinski definition) is 1. The second-order valence-corrected chi connectivity index (χ2v) is 5.09. The molecule has 2 atom stereocenters. The number of nitrogens with zero attached hydrogens (tertiary/aromatic N) is 1. The lowest BCUT2D eigenvalue weighted by Gasteiger charge is -2.31. The number of methoxy groups -OCH3 is 1. The minimum absolute atomic E-state index is 0.362. The second-order valence-electron chi connectivity index (χ2n) is 5.09. The first-order chi connectivity index (χ1) is 9.13. The molecule has 0 heterocycles. The van der Waals surface area contributed by atoms with E-state index < -0.39 is 0 Å². The highest BCUT2D eigenvalue weighted by atomic mass is 16.5. The first-order valence-corrected chi connectivity index (χ1v) is 7.09. The van der Waals surface area contributed by atoms with Gasteiger partial charge in [-0.05, 0) is 38.6 Å². The third-order valence-corrected chi connectivity index (χ3v) is 3.77. The van der Waals surface area contributed by atoms with Gasteiger partial charge in [-0.3, -0.25) is 4.90 Å². The minimum atomic E-state index is 0.362. The molecule has 0 spiro atoms. The van der Waals surface area contributed by atoms with Gasteiger partial charge in [-0.1, -0.05) is 31.2 Å². The molecule has 0 aliphatic rings. The van der Waals surface area contributed by atoms with Crippen LogP contribution in [0.15, 0.2) is 24.3 Å². The predicted octanol–water partition coefficient (Wildman–Crippen LogP) is 2.61. The molecule has 0 aliphatic heterocycles. The highest BCUT2D eigenvalue weighted by Gasteiger charge is 2.18. The van der Waals surface area contributed by atoms with E-state index in [0.29, 0.717) is 12.1 Å². The number of hydrogen-bond acceptors (Lipinski definition) is 3. The lowest BCUT2D eigenvalue weighted by atomic mass is 10.0. The van der Waals surface area contributed by atoms with E-state index in [-0.39, 0.29) is 0 Å². The molecule has 0 saturated carbocycles. The Balaban J connectivity index is 2.78. The Morgan fingerprint density at radius 2 is 2.00 bits per heavy atom. The van der Waals surface area contributed by atoms with Gasteiger partial charge in [0.05, 0.1) is 6.61 Å². The van der Waals surface area contributed by atoms with Gasteiger partial charge in [-0.2, -0.15) is 0 Å². The maximum absolute atomic E-state index is 5.27. The van der Waals surface area contributed by atoms with Crippen molar-refractivity contribution in [3.8, 4) is 0 Å². The number of nitrogens with one attached hydrogen (secondary N) is 1. The SMILES string of the molecule is CCN(CC(NC)c1ccccc1C)C(C)COC. The van der Waals surface area contributed by atoms with Crippen molar-refractivity contribution < 1.29 is 4.74 Å². The molecule has 1 rings (SSSR count). The van der Waals surface area contributed by atoms with Gasteiger partial charge in [-0.25, -0.2) is 0 Å². The van der Waals surface area contributed by atoms with Gasteiger partial charge in [0, 0.05) is 25.7 Å². The molecule has 3 nitrogen and oxygen atoms in total. The van der Waals surface area contributed by atoms with E-state index in [0.717, 1.165) is 19.7 Å². The predicted molar refractivity (Wildman–Crippen MR) is 81.6 cm³/mol. The minimum Gasteiger partial charge on any atom is -0.383 e. The number of rotatable bonds is 8. The van der Waals surface area contributed by atoms with Crippen LogP contribution in [-0.2, 0) is 4.74 Å². The Kier molecular flexibility index (Phi) is 7.06. The molecule has 1 aromatic carbocycles. The maximum Gasteiger partial charge on any atom is 0.0615 e. The largest absolute Gasteiger partial charge is 0.383 e. The van der Waals surface area contributed by atoms with E-state index in [9.17, 15) is 0 Å². The van der Waals surface area contributed by atoms with Crippen LogP contribution in [0, 0.1) is 6.92 Å².